The van der Waals surface area contributed by atoms with Gasteiger partial charge in [-0.15, -0.1) is 0 Å². The smallest absolute Gasteiger partial charge is 0.150 e. The molecule has 7 heteroatoms. The van der Waals surface area contributed by atoms with Crippen LogP contribution in [-0.2, 0) is 19.3 Å². The summed E-state index contributed by atoms with van der Waals surface area (Å²) in [5.41, 5.74) is 19.1. The average Bonchev–Trinajstić information content (AvgIpc) is 3.04. The van der Waals surface area contributed by atoms with Gasteiger partial charge in [0, 0.05) is 33.9 Å². The second-order valence-corrected chi connectivity index (χ2v) is 10.2. The van der Waals surface area contributed by atoms with Gasteiger partial charge in [-0.3, -0.25) is 9.97 Å². The van der Waals surface area contributed by atoms with Gasteiger partial charge in [0.25, 0.3) is 0 Å². The summed E-state index contributed by atoms with van der Waals surface area (Å²) < 4.78 is 5.29. The minimum absolute atomic E-state index is 0.480. The number of aromatic nitrogens is 4. The van der Waals surface area contributed by atoms with Crippen molar-refractivity contribution in [2.24, 2.45) is 0 Å². The molecule has 0 atom stereocenters. The topological polar surface area (TPSA) is 113 Å². The van der Waals surface area contributed by atoms with Crippen LogP contribution in [0.4, 0.5) is 11.6 Å². The van der Waals surface area contributed by atoms with Gasteiger partial charge >= 0.3 is 0 Å². The Hall–Kier alpha value is -5.30. The molecule has 42 heavy (non-hydrogen) atoms. The number of hydrogen-bond donors (Lipinski definition) is 2. The van der Waals surface area contributed by atoms with Crippen LogP contribution < -0.4 is 16.2 Å². The summed E-state index contributed by atoms with van der Waals surface area (Å²) in [6.07, 6.45) is 6.58. The third kappa shape index (κ3) is 5.37. The zero-order valence-corrected chi connectivity index (χ0v) is 23.7. The summed E-state index contributed by atoms with van der Waals surface area (Å²) in [7, 11) is 1.69. The van der Waals surface area contributed by atoms with E-state index in [-0.39, 0.29) is 0 Å². The van der Waals surface area contributed by atoms with Crippen LogP contribution in [0.15, 0.2) is 97.3 Å². The molecule has 3 aromatic carbocycles. The Balaban J connectivity index is 0.000000162. The lowest BCUT2D eigenvalue weighted by Crippen LogP contribution is -1.98. The maximum absolute atomic E-state index is 6.08. The van der Waals surface area contributed by atoms with Crippen LogP contribution in [0.5, 0.6) is 5.75 Å². The zero-order valence-electron chi connectivity index (χ0n) is 23.7. The first-order chi connectivity index (χ1) is 20.5. The molecule has 0 aliphatic carbocycles. The van der Waals surface area contributed by atoms with Crippen molar-refractivity contribution in [2.45, 2.75) is 26.2 Å². The number of ether oxygens (including phenoxy) is 1. The third-order valence-electron chi connectivity index (χ3n) is 7.49. The molecule has 0 saturated heterocycles. The fourth-order valence-corrected chi connectivity index (χ4v) is 5.24. The van der Waals surface area contributed by atoms with E-state index >= 15 is 0 Å². The van der Waals surface area contributed by atoms with Crippen LogP contribution in [0.25, 0.3) is 43.6 Å². The molecule has 7 nitrogen and oxygen atoms in total. The van der Waals surface area contributed by atoms with E-state index in [4.69, 9.17) is 16.2 Å². The second-order valence-electron chi connectivity index (χ2n) is 10.2. The number of aryl methyl sites for hydroxylation is 3. The van der Waals surface area contributed by atoms with Gasteiger partial charge in [0.05, 0.1) is 18.1 Å². The van der Waals surface area contributed by atoms with Crippen molar-refractivity contribution in [3.05, 3.63) is 114 Å². The minimum Gasteiger partial charge on any atom is -0.497 e. The van der Waals surface area contributed by atoms with E-state index in [2.05, 4.69) is 63.3 Å². The largest absolute Gasteiger partial charge is 0.497 e. The Labute approximate surface area is 244 Å². The van der Waals surface area contributed by atoms with E-state index in [1.54, 1.807) is 7.11 Å². The van der Waals surface area contributed by atoms with Crippen molar-refractivity contribution in [1.82, 2.24) is 19.9 Å². The van der Waals surface area contributed by atoms with Gasteiger partial charge in [0.1, 0.15) is 16.8 Å². The Morgan fingerprint density at radius 1 is 0.595 bits per heavy atom. The first-order valence-corrected chi connectivity index (χ1v) is 14.0. The number of methoxy groups -OCH3 is 1. The van der Waals surface area contributed by atoms with Crippen LogP contribution in [-0.4, -0.2) is 27.0 Å². The summed E-state index contributed by atoms with van der Waals surface area (Å²) in [5.74, 6) is 1.87. The van der Waals surface area contributed by atoms with E-state index in [9.17, 15) is 0 Å². The number of rotatable bonds is 5. The highest BCUT2D eigenvalue weighted by atomic mass is 16.5. The van der Waals surface area contributed by atoms with Gasteiger partial charge in [-0.2, -0.15) is 0 Å². The lowest BCUT2D eigenvalue weighted by molar-refractivity contribution is 0.414. The molecule has 0 fully saturated rings. The number of nitrogens with two attached hydrogens (primary N) is 2. The van der Waals surface area contributed by atoms with Crippen molar-refractivity contribution in [3.63, 3.8) is 0 Å². The van der Waals surface area contributed by atoms with Gasteiger partial charge in [-0.25, -0.2) is 9.97 Å². The van der Waals surface area contributed by atoms with Crippen LogP contribution >= 0.6 is 0 Å². The Morgan fingerprint density at radius 3 is 1.74 bits per heavy atom. The van der Waals surface area contributed by atoms with Crippen LogP contribution in [0.1, 0.15) is 23.6 Å². The lowest BCUT2D eigenvalue weighted by Gasteiger charge is -2.08. The molecule has 0 amide bonds. The van der Waals surface area contributed by atoms with E-state index in [0.717, 1.165) is 68.6 Å². The molecule has 0 radical (unpaired) electrons. The van der Waals surface area contributed by atoms with E-state index in [1.807, 2.05) is 60.9 Å². The normalized spacial score (nSPS) is 11.1. The molecule has 4 aromatic heterocycles. The highest BCUT2D eigenvalue weighted by Crippen LogP contribution is 2.28. The van der Waals surface area contributed by atoms with Gasteiger partial charge in [-0.1, -0.05) is 55.5 Å². The Kier molecular flexibility index (Phi) is 7.47. The predicted octanol–water partition coefficient (Wildman–Crippen LogP) is 7.09. The molecule has 0 aliphatic heterocycles. The molecular weight excluding hydrogens is 520 g/mol. The molecule has 0 unspecified atom stereocenters. The standard InChI is InChI=1S/C21H19N3O.C14H13N3/c1-25-16-6-4-5-14(11-16)9-10-15-12-18-17-7-2-3-8-19(17)24-21(22)20(18)23-13-15;1-2-9-7-11-10-5-3-4-6-12(10)17-14(15)13(11)16-8-9/h2-8,11-13H,9-10H2,1H3,(H2,22,24);3-8H,2H2,1H3,(H2,15,17). The molecular formula is C35H32N6O. The fraction of sp³-hybridized carbons (Fsp3) is 0.143. The SMILES string of the molecule is CCc1cnc2c(N)nc3ccccc3c2c1.COc1cccc(CCc2cnc3c(N)nc4ccccc4c3c2)c1. The van der Waals surface area contributed by atoms with E-state index in [0.29, 0.717) is 11.6 Å². The van der Waals surface area contributed by atoms with E-state index < -0.39 is 0 Å². The first-order valence-electron chi connectivity index (χ1n) is 14.0. The van der Waals surface area contributed by atoms with Gasteiger partial charge in [-0.05, 0) is 72.4 Å². The summed E-state index contributed by atoms with van der Waals surface area (Å²) in [5, 5.41) is 4.35. The molecule has 7 rings (SSSR count). The summed E-state index contributed by atoms with van der Waals surface area (Å²) >= 11 is 0. The quantitative estimate of drug-likeness (QED) is 0.219. The van der Waals surface area contributed by atoms with Crippen LogP contribution in [0.3, 0.4) is 0 Å². The van der Waals surface area contributed by atoms with Crippen molar-refractivity contribution in [2.75, 3.05) is 18.6 Å². The van der Waals surface area contributed by atoms with Crippen molar-refractivity contribution >= 4 is 55.2 Å². The van der Waals surface area contributed by atoms with Crippen LogP contribution in [0.2, 0.25) is 0 Å². The summed E-state index contributed by atoms with van der Waals surface area (Å²) in [6.45, 7) is 2.12. The van der Waals surface area contributed by atoms with Gasteiger partial charge in [0.2, 0.25) is 0 Å². The maximum atomic E-state index is 6.08. The lowest BCUT2D eigenvalue weighted by atomic mass is 10.0. The average molecular weight is 553 g/mol. The molecule has 4 heterocycles. The molecule has 4 N–H and O–H groups in total. The number of para-hydroxylation sites is 2. The predicted molar refractivity (Wildman–Crippen MR) is 173 cm³/mol. The Morgan fingerprint density at radius 2 is 1.14 bits per heavy atom. The molecule has 0 bridgehead atoms. The zero-order chi connectivity index (χ0) is 29.1. The number of hydrogen-bond acceptors (Lipinski definition) is 7. The highest BCUT2D eigenvalue weighted by Gasteiger charge is 2.09. The number of pyridine rings is 4. The van der Waals surface area contributed by atoms with Gasteiger partial charge in [0.15, 0.2) is 11.6 Å². The molecule has 208 valence electrons. The number of fused-ring (bicyclic) bond motifs is 6. The molecule has 0 aliphatic rings. The third-order valence-corrected chi connectivity index (χ3v) is 7.49. The maximum Gasteiger partial charge on any atom is 0.150 e. The summed E-state index contributed by atoms with van der Waals surface area (Å²) in [4.78, 5) is 17.8. The van der Waals surface area contributed by atoms with Crippen molar-refractivity contribution in [1.29, 1.82) is 0 Å². The Bertz CT molecular complexity index is 2060. The number of nitrogen functional groups attached to an aromatic ring is 2. The highest BCUT2D eigenvalue weighted by molar-refractivity contribution is 6.09. The van der Waals surface area contributed by atoms with Crippen molar-refractivity contribution in [3.8, 4) is 5.75 Å². The van der Waals surface area contributed by atoms with Gasteiger partial charge < -0.3 is 16.2 Å². The molecule has 7 aromatic rings. The summed E-state index contributed by atoms with van der Waals surface area (Å²) in [6, 6.07) is 28.6. The van der Waals surface area contributed by atoms with Crippen LogP contribution in [0, 0.1) is 0 Å². The molecule has 0 spiro atoms. The monoisotopic (exact) mass is 552 g/mol. The fourth-order valence-electron chi connectivity index (χ4n) is 5.24. The number of nitrogens with zero attached hydrogens (tertiary/aromatic N) is 4. The minimum atomic E-state index is 0.480. The number of anilines is 2. The number of benzene rings is 3. The van der Waals surface area contributed by atoms with E-state index in [1.165, 1.54) is 16.7 Å². The first kappa shape index (κ1) is 26.9. The van der Waals surface area contributed by atoms with Crippen molar-refractivity contribution < 1.29 is 4.74 Å². The second kappa shape index (κ2) is 11.7. The molecule has 0 saturated carbocycles.